The van der Waals surface area contributed by atoms with Crippen LogP contribution in [0, 0.1) is 18.3 Å². The van der Waals surface area contributed by atoms with Crippen LogP contribution in [0.4, 0.5) is 0 Å². The topological polar surface area (TPSA) is 83.1 Å². The average molecular weight is 408 g/mol. The van der Waals surface area contributed by atoms with Gasteiger partial charge in [-0.25, -0.2) is 0 Å². The van der Waals surface area contributed by atoms with E-state index in [0.29, 0.717) is 5.56 Å². The van der Waals surface area contributed by atoms with Crippen LogP contribution in [0.25, 0.3) is 10.8 Å². The van der Waals surface area contributed by atoms with Gasteiger partial charge in [0, 0.05) is 5.56 Å². The second kappa shape index (κ2) is 7.92. The Balaban J connectivity index is 2.00. The molecule has 4 aromatic rings. The van der Waals surface area contributed by atoms with Gasteiger partial charge in [-0.1, -0.05) is 72.8 Å². The molecule has 0 amide bonds. The van der Waals surface area contributed by atoms with Crippen molar-refractivity contribution in [2.24, 2.45) is 0 Å². The number of carbonyl (C=O) groups excluding carboxylic acids is 1. The lowest BCUT2D eigenvalue weighted by atomic mass is 9.93. The quantitative estimate of drug-likeness (QED) is 0.495. The third-order valence-electron chi connectivity index (χ3n) is 5.68. The second-order valence-corrected chi connectivity index (χ2v) is 7.43. The maximum absolute atomic E-state index is 13.6. The van der Waals surface area contributed by atoms with Crippen molar-refractivity contribution in [2.75, 3.05) is 0 Å². The largest absolute Gasteiger partial charge is 0.494 e. The van der Waals surface area contributed by atoms with Crippen LogP contribution in [-0.4, -0.2) is 15.5 Å². The molecule has 1 N–H and O–H groups in total. The van der Waals surface area contributed by atoms with E-state index in [0.717, 1.165) is 20.9 Å². The summed E-state index contributed by atoms with van der Waals surface area (Å²) in [6.07, 6.45) is 0. The highest BCUT2D eigenvalue weighted by Crippen LogP contribution is 2.31. The van der Waals surface area contributed by atoms with E-state index in [9.17, 15) is 20.0 Å². The first kappa shape index (κ1) is 20.1. The number of benzene rings is 3. The Kier molecular flexibility index (Phi) is 5.14. The Hall–Kier alpha value is -4.17. The van der Waals surface area contributed by atoms with E-state index in [1.165, 1.54) is 6.92 Å². The molecule has 0 saturated heterocycles. The van der Waals surface area contributed by atoms with Crippen molar-refractivity contribution >= 4 is 16.6 Å². The van der Waals surface area contributed by atoms with Gasteiger partial charge in [0.15, 0.2) is 5.78 Å². The number of aromatic hydroxyl groups is 1. The first-order chi connectivity index (χ1) is 15.0. The summed E-state index contributed by atoms with van der Waals surface area (Å²) in [4.78, 5) is 26.7. The molecule has 152 valence electrons. The number of fused-ring (bicyclic) bond motifs is 1. The van der Waals surface area contributed by atoms with Gasteiger partial charge in [0.05, 0.1) is 11.6 Å². The van der Waals surface area contributed by atoms with Crippen LogP contribution in [0.1, 0.15) is 45.6 Å². The van der Waals surface area contributed by atoms with Gasteiger partial charge in [-0.3, -0.25) is 14.2 Å². The molecule has 0 saturated carbocycles. The molecule has 1 unspecified atom stereocenters. The first-order valence-corrected chi connectivity index (χ1v) is 9.91. The van der Waals surface area contributed by atoms with Crippen molar-refractivity contribution < 1.29 is 9.90 Å². The number of carbonyl (C=O) groups is 1. The van der Waals surface area contributed by atoms with Crippen LogP contribution in [-0.2, 0) is 0 Å². The lowest BCUT2D eigenvalue weighted by Crippen LogP contribution is -2.29. The highest BCUT2D eigenvalue weighted by Gasteiger charge is 2.28. The van der Waals surface area contributed by atoms with Gasteiger partial charge in [-0.2, -0.15) is 5.26 Å². The molecule has 0 aliphatic heterocycles. The first-order valence-electron chi connectivity index (χ1n) is 9.91. The molecule has 0 aliphatic carbocycles. The van der Waals surface area contributed by atoms with Crippen LogP contribution >= 0.6 is 0 Å². The summed E-state index contributed by atoms with van der Waals surface area (Å²) in [6.45, 7) is 3.27. The van der Waals surface area contributed by atoms with Gasteiger partial charge in [-0.05, 0) is 35.7 Å². The van der Waals surface area contributed by atoms with Crippen LogP contribution in [0.3, 0.4) is 0 Å². The number of nitrogens with zero attached hydrogens (tertiary/aromatic N) is 2. The maximum Gasteiger partial charge on any atom is 0.272 e. The zero-order valence-electron chi connectivity index (χ0n) is 17.2. The molecule has 1 aromatic heterocycles. The maximum atomic E-state index is 13.6. The number of ketones is 1. The van der Waals surface area contributed by atoms with Crippen molar-refractivity contribution in [1.29, 1.82) is 5.26 Å². The standard InChI is InChI=1S/C26H20N2O3/c1-16-22(15-27)25(30)28(17(2)18-9-4-3-5-10-18)26(31)23(16)24(29)21-14-8-12-19-11-6-7-13-20(19)21/h3-14,17,31H,1-2H3. The Bertz CT molecular complexity index is 1410. The van der Waals surface area contributed by atoms with Gasteiger partial charge >= 0.3 is 0 Å². The molecular formula is C26H20N2O3. The highest BCUT2D eigenvalue weighted by atomic mass is 16.3. The van der Waals surface area contributed by atoms with E-state index in [1.54, 1.807) is 19.1 Å². The molecule has 31 heavy (non-hydrogen) atoms. The average Bonchev–Trinajstić information content (AvgIpc) is 2.79. The highest BCUT2D eigenvalue weighted by molar-refractivity contribution is 6.18. The summed E-state index contributed by atoms with van der Waals surface area (Å²) in [5.74, 6) is -0.868. The van der Waals surface area contributed by atoms with Gasteiger partial charge in [0.2, 0.25) is 5.88 Å². The molecule has 0 spiro atoms. The van der Waals surface area contributed by atoms with Crippen molar-refractivity contribution in [3.8, 4) is 11.9 Å². The molecule has 5 nitrogen and oxygen atoms in total. The van der Waals surface area contributed by atoms with Crippen molar-refractivity contribution in [3.63, 3.8) is 0 Å². The van der Waals surface area contributed by atoms with Crippen LogP contribution in [0.15, 0.2) is 77.6 Å². The van der Waals surface area contributed by atoms with Gasteiger partial charge in [-0.15, -0.1) is 0 Å². The smallest absolute Gasteiger partial charge is 0.272 e. The van der Waals surface area contributed by atoms with Crippen LogP contribution in [0.2, 0.25) is 0 Å². The fourth-order valence-corrected chi connectivity index (χ4v) is 3.99. The molecule has 5 heteroatoms. The predicted molar refractivity (Wildman–Crippen MR) is 119 cm³/mol. The van der Waals surface area contributed by atoms with E-state index in [2.05, 4.69) is 0 Å². The molecule has 0 fully saturated rings. The van der Waals surface area contributed by atoms with Crippen LogP contribution in [0.5, 0.6) is 5.88 Å². The lowest BCUT2D eigenvalue weighted by Gasteiger charge is -2.21. The summed E-state index contributed by atoms with van der Waals surface area (Å²) in [5, 5.41) is 22.4. The normalized spacial score (nSPS) is 11.8. The van der Waals surface area contributed by atoms with Crippen molar-refractivity contribution in [2.45, 2.75) is 19.9 Å². The lowest BCUT2D eigenvalue weighted by molar-refractivity contribution is 0.103. The van der Waals surface area contributed by atoms with Gasteiger partial charge in [0.25, 0.3) is 5.56 Å². The molecule has 0 radical (unpaired) electrons. The minimum Gasteiger partial charge on any atom is -0.494 e. The Morgan fingerprint density at radius 3 is 2.35 bits per heavy atom. The third kappa shape index (κ3) is 3.28. The Labute approximate surface area is 179 Å². The number of nitriles is 1. The number of aromatic nitrogens is 1. The molecular weight excluding hydrogens is 388 g/mol. The number of pyridine rings is 1. The van der Waals surface area contributed by atoms with Crippen molar-refractivity contribution in [3.05, 3.63) is 111 Å². The number of hydrogen-bond acceptors (Lipinski definition) is 4. The molecule has 1 heterocycles. The summed E-state index contributed by atoms with van der Waals surface area (Å²) in [6, 6.07) is 23.3. The molecule has 4 rings (SSSR count). The SMILES string of the molecule is Cc1c(C(=O)c2cccc3ccccc23)c(O)n(C(C)c2ccccc2)c(=O)c1C#N. The summed E-state index contributed by atoms with van der Waals surface area (Å²) < 4.78 is 1.12. The zero-order valence-corrected chi connectivity index (χ0v) is 17.2. The molecule has 0 bridgehead atoms. The van der Waals surface area contributed by atoms with E-state index >= 15 is 0 Å². The number of rotatable bonds is 4. The van der Waals surface area contributed by atoms with E-state index in [-0.39, 0.29) is 16.7 Å². The predicted octanol–water partition coefficient (Wildman–Crippen LogP) is 4.73. The minimum absolute atomic E-state index is 0.0321. The Morgan fingerprint density at radius 1 is 1.00 bits per heavy atom. The zero-order chi connectivity index (χ0) is 22.1. The Morgan fingerprint density at radius 2 is 1.65 bits per heavy atom. The summed E-state index contributed by atoms with van der Waals surface area (Å²) in [5.41, 5.74) is 0.552. The van der Waals surface area contributed by atoms with E-state index < -0.39 is 23.3 Å². The van der Waals surface area contributed by atoms with Crippen LogP contribution < -0.4 is 5.56 Å². The van der Waals surface area contributed by atoms with E-state index in [1.807, 2.05) is 66.7 Å². The van der Waals surface area contributed by atoms with Gasteiger partial charge in [0.1, 0.15) is 11.6 Å². The fraction of sp³-hybridized carbons (Fsp3) is 0.115. The number of hydrogen-bond donors (Lipinski definition) is 1. The molecule has 3 aromatic carbocycles. The minimum atomic E-state index is -0.622. The third-order valence-corrected chi connectivity index (χ3v) is 5.68. The summed E-state index contributed by atoms with van der Waals surface area (Å²) >= 11 is 0. The molecule has 1 atom stereocenters. The molecule has 0 aliphatic rings. The van der Waals surface area contributed by atoms with Gasteiger partial charge < -0.3 is 5.11 Å². The summed E-state index contributed by atoms with van der Waals surface area (Å²) in [7, 11) is 0. The fourth-order valence-electron chi connectivity index (χ4n) is 3.99. The second-order valence-electron chi connectivity index (χ2n) is 7.43. The van der Waals surface area contributed by atoms with Crippen molar-refractivity contribution in [1.82, 2.24) is 4.57 Å². The monoisotopic (exact) mass is 408 g/mol. The van der Waals surface area contributed by atoms with E-state index in [4.69, 9.17) is 0 Å².